The van der Waals surface area contributed by atoms with Crippen molar-refractivity contribution in [3.8, 4) is 0 Å². The van der Waals surface area contributed by atoms with Gasteiger partial charge in [0.2, 0.25) is 7.59 Å². The molecule has 1 aromatic rings. The molecule has 0 radical (unpaired) electrons. The number of alkyl halides is 6. The number of halogens is 6. The van der Waals surface area contributed by atoms with E-state index < -0.39 is 7.59 Å². The minimum absolute atomic E-state index is 0.0642. The molecule has 0 amide bonds. The van der Waals surface area contributed by atoms with Crippen LogP contribution in [0.15, 0.2) is 0 Å². The molecule has 3 nitrogen and oxygen atoms in total. The van der Waals surface area contributed by atoms with Gasteiger partial charge in [-0.15, -0.1) is 0 Å². The average molecular weight is 344 g/mol. The van der Waals surface area contributed by atoms with Crippen molar-refractivity contribution in [2.45, 2.75) is 20.9 Å². The molecular formula is C7H5Cl6N3. The highest BCUT2D eigenvalue weighted by atomic mass is 35.6. The van der Waals surface area contributed by atoms with E-state index in [1.165, 1.54) is 0 Å². The van der Waals surface area contributed by atoms with Crippen LogP contribution in [-0.4, -0.2) is 15.0 Å². The molecule has 9 heteroatoms. The summed E-state index contributed by atoms with van der Waals surface area (Å²) in [5.41, 5.74) is 0. The third kappa shape index (κ3) is 3.90. The van der Waals surface area contributed by atoms with Gasteiger partial charge in [0, 0.05) is 6.42 Å². The molecule has 0 spiro atoms. The summed E-state index contributed by atoms with van der Waals surface area (Å²) in [6.45, 7) is 1.82. The molecule has 0 saturated carbocycles. The first-order chi connectivity index (χ1) is 7.14. The molecule has 0 N–H and O–H groups in total. The van der Waals surface area contributed by atoms with Gasteiger partial charge in [0.15, 0.2) is 11.6 Å². The van der Waals surface area contributed by atoms with E-state index in [4.69, 9.17) is 69.6 Å². The Balaban J connectivity index is 3.33. The first-order valence-electron chi connectivity index (χ1n) is 4.04. The molecule has 0 aliphatic rings. The van der Waals surface area contributed by atoms with Gasteiger partial charge in [0.05, 0.1) is 0 Å². The zero-order valence-electron chi connectivity index (χ0n) is 7.82. The topological polar surface area (TPSA) is 38.7 Å². The van der Waals surface area contributed by atoms with Crippen molar-refractivity contribution >= 4 is 69.6 Å². The highest BCUT2D eigenvalue weighted by molar-refractivity contribution is 6.67. The van der Waals surface area contributed by atoms with Crippen molar-refractivity contribution in [2.75, 3.05) is 0 Å². The summed E-state index contributed by atoms with van der Waals surface area (Å²) >= 11 is 34.0. The van der Waals surface area contributed by atoms with E-state index in [1.807, 2.05) is 6.92 Å². The minimum atomic E-state index is -1.78. The van der Waals surface area contributed by atoms with E-state index in [-0.39, 0.29) is 11.6 Å². The lowest BCUT2D eigenvalue weighted by Gasteiger charge is -2.14. The van der Waals surface area contributed by atoms with Gasteiger partial charge in [0.1, 0.15) is 5.82 Å². The molecule has 1 rings (SSSR count). The summed E-state index contributed by atoms with van der Waals surface area (Å²) in [4.78, 5) is 11.7. The Kier molecular flexibility index (Phi) is 4.78. The smallest absolute Gasteiger partial charge is 0.213 e. The van der Waals surface area contributed by atoms with Crippen LogP contribution in [0.5, 0.6) is 0 Å². The third-order valence-electron chi connectivity index (χ3n) is 1.51. The SMILES string of the molecule is CCc1nc(C(Cl)(Cl)Cl)nc(C(Cl)(Cl)Cl)n1. The molecule has 16 heavy (non-hydrogen) atoms. The Morgan fingerprint density at radius 3 is 1.44 bits per heavy atom. The van der Waals surface area contributed by atoms with Gasteiger partial charge in [0.25, 0.3) is 0 Å². The largest absolute Gasteiger partial charge is 0.250 e. The lowest BCUT2D eigenvalue weighted by atomic mass is 10.4. The summed E-state index contributed by atoms with van der Waals surface area (Å²) in [7, 11) is 0. The predicted molar refractivity (Wildman–Crippen MR) is 67.7 cm³/mol. The number of aromatic nitrogens is 3. The number of nitrogens with zero attached hydrogens (tertiary/aromatic N) is 3. The van der Waals surface area contributed by atoms with Gasteiger partial charge in [-0.1, -0.05) is 76.5 Å². The summed E-state index contributed by atoms with van der Waals surface area (Å²) in [5.74, 6) is 0.258. The standard InChI is InChI=1S/C7H5Cl6N3/c1-2-3-14-4(6(8,9)10)16-5(15-3)7(11,12)13/h2H2,1H3. The summed E-state index contributed by atoms with van der Waals surface area (Å²) in [5, 5.41) is 0. The first-order valence-corrected chi connectivity index (χ1v) is 6.30. The fourth-order valence-corrected chi connectivity index (χ4v) is 1.34. The lowest BCUT2D eigenvalue weighted by molar-refractivity contribution is 0.783. The average Bonchev–Trinajstić information content (AvgIpc) is 2.14. The quantitative estimate of drug-likeness (QED) is 0.721. The van der Waals surface area contributed by atoms with Gasteiger partial charge in [-0.2, -0.15) is 0 Å². The van der Waals surface area contributed by atoms with E-state index >= 15 is 0 Å². The summed E-state index contributed by atoms with van der Waals surface area (Å²) in [6, 6.07) is 0. The molecule has 1 heterocycles. The first kappa shape index (κ1) is 14.8. The van der Waals surface area contributed by atoms with Gasteiger partial charge in [-0.25, -0.2) is 15.0 Å². The van der Waals surface area contributed by atoms with Crippen molar-refractivity contribution in [1.82, 2.24) is 15.0 Å². The number of aryl methyl sites for hydroxylation is 1. The fraction of sp³-hybridized carbons (Fsp3) is 0.571. The van der Waals surface area contributed by atoms with Crippen LogP contribution in [0.4, 0.5) is 0 Å². The highest BCUT2D eigenvalue weighted by Gasteiger charge is 2.33. The molecule has 0 aromatic carbocycles. The Morgan fingerprint density at radius 2 is 1.19 bits per heavy atom. The van der Waals surface area contributed by atoms with Crippen LogP contribution in [0.1, 0.15) is 24.4 Å². The van der Waals surface area contributed by atoms with Crippen LogP contribution in [0, 0.1) is 0 Å². The predicted octanol–water partition coefficient (Wildman–Crippen LogP) is 4.09. The Hall–Kier alpha value is 0.750. The van der Waals surface area contributed by atoms with Crippen molar-refractivity contribution in [3.63, 3.8) is 0 Å². The number of rotatable bonds is 1. The maximum atomic E-state index is 5.66. The molecular weight excluding hydrogens is 339 g/mol. The van der Waals surface area contributed by atoms with Crippen LogP contribution >= 0.6 is 69.6 Å². The van der Waals surface area contributed by atoms with Gasteiger partial charge >= 0.3 is 0 Å². The monoisotopic (exact) mass is 341 g/mol. The van der Waals surface area contributed by atoms with Crippen molar-refractivity contribution in [2.24, 2.45) is 0 Å². The normalized spacial score (nSPS) is 12.9. The fourth-order valence-electron chi connectivity index (χ4n) is 0.831. The Bertz CT molecular complexity index is 350. The summed E-state index contributed by atoms with van der Waals surface area (Å²) in [6.07, 6.45) is 0.504. The van der Waals surface area contributed by atoms with Crippen LogP contribution in [0.3, 0.4) is 0 Å². The highest BCUT2D eigenvalue weighted by Crippen LogP contribution is 2.39. The van der Waals surface area contributed by atoms with Crippen molar-refractivity contribution in [3.05, 3.63) is 17.5 Å². The molecule has 0 saturated heterocycles. The van der Waals surface area contributed by atoms with Crippen LogP contribution in [0.2, 0.25) is 0 Å². The second-order valence-corrected chi connectivity index (χ2v) is 7.31. The van der Waals surface area contributed by atoms with Gasteiger partial charge < -0.3 is 0 Å². The number of hydrogen-bond acceptors (Lipinski definition) is 3. The van der Waals surface area contributed by atoms with Crippen molar-refractivity contribution in [1.29, 1.82) is 0 Å². The van der Waals surface area contributed by atoms with Crippen LogP contribution < -0.4 is 0 Å². The van der Waals surface area contributed by atoms with E-state index in [2.05, 4.69) is 15.0 Å². The van der Waals surface area contributed by atoms with E-state index in [9.17, 15) is 0 Å². The van der Waals surface area contributed by atoms with E-state index in [0.29, 0.717) is 12.2 Å². The second-order valence-electron chi connectivity index (χ2n) is 2.75. The second kappa shape index (κ2) is 5.17. The van der Waals surface area contributed by atoms with Crippen molar-refractivity contribution < 1.29 is 0 Å². The zero-order chi connectivity index (χ0) is 12.6. The van der Waals surface area contributed by atoms with E-state index in [0.717, 1.165) is 0 Å². The molecule has 0 fully saturated rings. The Labute approximate surface area is 122 Å². The molecule has 0 unspecified atom stereocenters. The zero-order valence-corrected chi connectivity index (χ0v) is 12.4. The molecule has 90 valence electrons. The molecule has 0 aliphatic carbocycles. The van der Waals surface area contributed by atoms with Gasteiger partial charge in [-0.05, 0) is 0 Å². The Morgan fingerprint density at radius 1 is 0.812 bits per heavy atom. The molecule has 0 aliphatic heterocycles. The third-order valence-corrected chi connectivity index (χ3v) is 2.52. The van der Waals surface area contributed by atoms with Crippen LogP contribution in [-0.2, 0) is 14.0 Å². The number of hydrogen-bond donors (Lipinski definition) is 0. The lowest BCUT2D eigenvalue weighted by Crippen LogP contribution is -2.17. The summed E-state index contributed by atoms with van der Waals surface area (Å²) < 4.78 is -3.56. The van der Waals surface area contributed by atoms with Crippen LogP contribution in [0.25, 0.3) is 0 Å². The van der Waals surface area contributed by atoms with Gasteiger partial charge in [-0.3, -0.25) is 0 Å². The van der Waals surface area contributed by atoms with E-state index in [1.54, 1.807) is 0 Å². The molecule has 1 aromatic heterocycles. The molecule has 0 atom stereocenters. The maximum absolute atomic E-state index is 5.66. The molecule has 0 bridgehead atoms. The maximum Gasteiger partial charge on any atom is 0.250 e. The minimum Gasteiger partial charge on any atom is -0.213 e.